The highest BCUT2D eigenvalue weighted by Gasteiger charge is 2.09. The van der Waals surface area contributed by atoms with Crippen molar-refractivity contribution in [3.05, 3.63) is 62.9 Å². The molecule has 1 aromatic heterocycles. The number of imidazole rings is 1. The van der Waals surface area contributed by atoms with E-state index < -0.39 is 4.92 Å². The van der Waals surface area contributed by atoms with Gasteiger partial charge in [0.15, 0.2) is 0 Å². The van der Waals surface area contributed by atoms with Crippen LogP contribution in [0, 0.1) is 10.1 Å². The van der Waals surface area contributed by atoms with E-state index in [0.29, 0.717) is 17.6 Å². The van der Waals surface area contributed by atoms with Crippen molar-refractivity contribution in [2.24, 2.45) is 0 Å². The van der Waals surface area contributed by atoms with Gasteiger partial charge < -0.3 is 10.3 Å². The van der Waals surface area contributed by atoms with Crippen molar-refractivity contribution in [1.82, 2.24) is 9.97 Å². The van der Waals surface area contributed by atoms with Crippen LogP contribution in [0.1, 0.15) is 5.82 Å². The molecular formula is C14H11BrN4O2. The van der Waals surface area contributed by atoms with Gasteiger partial charge in [-0.25, -0.2) is 4.98 Å². The molecule has 0 fully saturated rings. The quantitative estimate of drug-likeness (QED) is 0.555. The zero-order valence-corrected chi connectivity index (χ0v) is 12.4. The molecule has 2 aromatic carbocycles. The first-order chi connectivity index (χ1) is 10.1. The van der Waals surface area contributed by atoms with Gasteiger partial charge in [-0.05, 0) is 30.3 Å². The Labute approximate surface area is 128 Å². The van der Waals surface area contributed by atoms with Crippen LogP contribution in [-0.2, 0) is 6.54 Å². The van der Waals surface area contributed by atoms with Gasteiger partial charge in [0, 0.05) is 22.3 Å². The Balaban J connectivity index is 1.78. The van der Waals surface area contributed by atoms with E-state index in [9.17, 15) is 10.1 Å². The number of nitro benzene ring substituents is 1. The summed E-state index contributed by atoms with van der Waals surface area (Å²) in [5, 5.41) is 14.0. The van der Waals surface area contributed by atoms with Gasteiger partial charge in [-0.1, -0.05) is 15.9 Å². The van der Waals surface area contributed by atoms with E-state index in [-0.39, 0.29) is 5.69 Å². The topological polar surface area (TPSA) is 83.8 Å². The van der Waals surface area contributed by atoms with Crippen LogP contribution in [0.5, 0.6) is 0 Å². The molecule has 0 spiro atoms. The molecule has 0 aliphatic carbocycles. The maximum absolute atomic E-state index is 10.7. The molecule has 3 rings (SSSR count). The second-order valence-electron chi connectivity index (χ2n) is 4.50. The summed E-state index contributed by atoms with van der Waals surface area (Å²) in [6, 6.07) is 12.4. The number of fused-ring (bicyclic) bond motifs is 1. The van der Waals surface area contributed by atoms with Gasteiger partial charge in [0.1, 0.15) is 5.82 Å². The SMILES string of the molecule is O=[N+]([O-])c1ccc2nc(CNc3ccc(Br)cc3)[nH]c2c1. The zero-order valence-electron chi connectivity index (χ0n) is 10.8. The van der Waals surface area contributed by atoms with Gasteiger partial charge in [0.25, 0.3) is 5.69 Å². The number of aromatic nitrogens is 2. The zero-order chi connectivity index (χ0) is 14.8. The average molecular weight is 347 g/mol. The first-order valence-corrected chi connectivity index (χ1v) is 7.03. The predicted molar refractivity (Wildman–Crippen MR) is 84.2 cm³/mol. The number of rotatable bonds is 4. The van der Waals surface area contributed by atoms with Gasteiger partial charge in [-0.3, -0.25) is 10.1 Å². The fourth-order valence-electron chi connectivity index (χ4n) is 2.00. The van der Waals surface area contributed by atoms with Crippen LogP contribution in [-0.4, -0.2) is 14.9 Å². The largest absolute Gasteiger partial charge is 0.378 e. The van der Waals surface area contributed by atoms with E-state index in [1.807, 2.05) is 24.3 Å². The summed E-state index contributed by atoms with van der Waals surface area (Å²) in [4.78, 5) is 17.8. The molecule has 0 saturated heterocycles. The van der Waals surface area contributed by atoms with Crippen LogP contribution >= 0.6 is 15.9 Å². The van der Waals surface area contributed by atoms with E-state index in [1.54, 1.807) is 6.07 Å². The monoisotopic (exact) mass is 346 g/mol. The maximum atomic E-state index is 10.7. The van der Waals surface area contributed by atoms with Crippen molar-refractivity contribution in [3.63, 3.8) is 0 Å². The highest BCUT2D eigenvalue weighted by Crippen LogP contribution is 2.19. The maximum Gasteiger partial charge on any atom is 0.271 e. The lowest BCUT2D eigenvalue weighted by Gasteiger charge is -2.03. The molecule has 0 radical (unpaired) electrons. The Bertz CT molecular complexity index is 798. The van der Waals surface area contributed by atoms with E-state index in [0.717, 1.165) is 16.0 Å². The van der Waals surface area contributed by atoms with E-state index in [4.69, 9.17) is 0 Å². The number of nitrogens with one attached hydrogen (secondary N) is 2. The lowest BCUT2D eigenvalue weighted by Crippen LogP contribution is -2.00. The fraction of sp³-hybridized carbons (Fsp3) is 0.0714. The summed E-state index contributed by atoms with van der Waals surface area (Å²) in [6.45, 7) is 0.518. The van der Waals surface area contributed by atoms with Crippen molar-refractivity contribution in [1.29, 1.82) is 0 Å². The fourth-order valence-corrected chi connectivity index (χ4v) is 2.27. The number of anilines is 1. The lowest BCUT2D eigenvalue weighted by atomic mass is 10.3. The molecule has 2 N–H and O–H groups in total. The van der Waals surface area contributed by atoms with Gasteiger partial charge >= 0.3 is 0 Å². The Morgan fingerprint density at radius 2 is 2.00 bits per heavy atom. The number of aromatic amines is 1. The third-order valence-corrected chi connectivity index (χ3v) is 3.56. The van der Waals surface area contributed by atoms with Crippen LogP contribution in [0.2, 0.25) is 0 Å². The van der Waals surface area contributed by atoms with Crippen LogP contribution in [0.3, 0.4) is 0 Å². The minimum Gasteiger partial charge on any atom is -0.378 e. The van der Waals surface area contributed by atoms with Crippen LogP contribution in [0.15, 0.2) is 46.9 Å². The molecule has 6 nitrogen and oxygen atoms in total. The second-order valence-corrected chi connectivity index (χ2v) is 5.42. The summed E-state index contributed by atoms with van der Waals surface area (Å²) in [7, 11) is 0. The number of halogens is 1. The first kappa shape index (κ1) is 13.6. The Kier molecular flexibility index (Phi) is 3.57. The smallest absolute Gasteiger partial charge is 0.271 e. The molecule has 7 heteroatoms. The number of non-ortho nitro benzene ring substituents is 1. The van der Waals surface area contributed by atoms with E-state index in [2.05, 4.69) is 31.2 Å². The molecule has 0 aliphatic heterocycles. The molecule has 106 valence electrons. The standard InChI is InChI=1S/C14H11BrN4O2/c15-9-1-3-10(4-2-9)16-8-14-17-12-6-5-11(19(20)21)7-13(12)18-14/h1-7,16H,8H2,(H,17,18). The molecule has 0 atom stereocenters. The molecule has 0 amide bonds. The van der Waals surface area contributed by atoms with Gasteiger partial charge in [-0.15, -0.1) is 0 Å². The summed E-state index contributed by atoms with van der Waals surface area (Å²) in [6.07, 6.45) is 0. The molecule has 0 bridgehead atoms. The van der Waals surface area contributed by atoms with Crippen molar-refractivity contribution in [2.75, 3.05) is 5.32 Å². The predicted octanol–water partition coefficient (Wildman–Crippen LogP) is 3.85. The number of nitro groups is 1. The highest BCUT2D eigenvalue weighted by molar-refractivity contribution is 9.10. The summed E-state index contributed by atoms with van der Waals surface area (Å²) in [5.74, 6) is 0.730. The Hall–Kier alpha value is -2.41. The molecule has 21 heavy (non-hydrogen) atoms. The lowest BCUT2D eigenvalue weighted by molar-refractivity contribution is -0.384. The van der Waals surface area contributed by atoms with Crippen molar-refractivity contribution >= 4 is 38.3 Å². The van der Waals surface area contributed by atoms with Gasteiger partial charge in [0.2, 0.25) is 0 Å². The normalized spacial score (nSPS) is 10.7. The molecule has 0 unspecified atom stereocenters. The number of hydrogen-bond acceptors (Lipinski definition) is 4. The molecule has 0 saturated carbocycles. The number of hydrogen-bond donors (Lipinski definition) is 2. The van der Waals surface area contributed by atoms with Crippen molar-refractivity contribution in [3.8, 4) is 0 Å². The van der Waals surface area contributed by atoms with Crippen LogP contribution < -0.4 is 5.32 Å². The van der Waals surface area contributed by atoms with Crippen molar-refractivity contribution < 1.29 is 4.92 Å². The molecule has 3 aromatic rings. The number of nitrogens with zero attached hydrogens (tertiary/aromatic N) is 2. The van der Waals surface area contributed by atoms with Crippen LogP contribution in [0.25, 0.3) is 11.0 Å². The van der Waals surface area contributed by atoms with E-state index in [1.165, 1.54) is 12.1 Å². The minimum atomic E-state index is -0.417. The van der Waals surface area contributed by atoms with Gasteiger partial charge in [0.05, 0.1) is 22.5 Å². The molecule has 0 aliphatic rings. The highest BCUT2D eigenvalue weighted by atomic mass is 79.9. The van der Waals surface area contributed by atoms with E-state index >= 15 is 0 Å². The van der Waals surface area contributed by atoms with Crippen molar-refractivity contribution in [2.45, 2.75) is 6.54 Å². The van der Waals surface area contributed by atoms with Crippen LogP contribution in [0.4, 0.5) is 11.4 Å². The molecular weight excluding hydrogens is 336 g/mol. The summed E-state index contributed by atoms with van der Waals surface area (Å²) in [5.41, 5.74) is 2.41. The summed E-state index contributed by atoms with van der Waals surface area (Å²) >= 11 is 3.38. The second kappa shape index (κ2) is 5.53. The first-order valence-electron chi connectivity index (χ1n) is 6.24. The Morgan fingerprint density at radius 3 is 2.71 bits per heavy atom. The molecule has 1 heterocycles. The Morgan fingerprint density at radius 1 is 1.24 bits per heavy atom. The third-order valence-electron chi connectivity index (χ3n) is 3.03. The number of H-pyrrole nitrogens is 1. The van der Waals surface area contributed by atoms with Gasteiger partial charge in [-0.2, -0.15) is 0 Å². The summed E-state index contributed by atoms with van der Waals surface area (Å²) < 4.78 is 1.02. The minimum absolute atomic E-state index is 0.0542. The third kappa shape index (κ3) is 3.03. The number of benzene rings is 2. The average Bonchev–Trinajstić information content (AvgIpc) is 2.88.